The highest BCUT2D eigenvalue weighted by Crippen LogP contribution is 2.15. The van der Waals surface area contributed by atoms with Crippen LogP contribution in [-0.2, 0) is 0 Å². The summed E-state index contributed by atoms with van der Waals surface area (Å²) in [6.07, 6.45) is 0. The van der Waals surface area contributed by atoms with Crippen molar-refractivity contribution in [1.29, 1.82) is 0 Å². The van der Waals surface area contributed by atoms with E-state index in [4.69, 9.17) is 11.6 Å². The summed E-state index contributed by atoms with van der Waals surface area (Å²) in [6, 6.07) is 1.66. The van der Waals surface area contributed by atoms with Crippen molar-refractivity contribution in [1.82, 2.24) is 15.3 Å². The summed E-state index contributed by atoms with van der Waals surface area (Å²) in [7, 11) is 3.72. The molecule has 2 N–H and O–H groups in total. The molecule has 2 heterocycles. The van der Waals surface area contributed by atoms with Gasteiger partial charge in [-0.15, -0.1) is 0 Å². The highest BCUT2D eigenvalue weighted by molar-refractivity contribution is 6.29. The molecule has 0 atom stereocenters. The zero-order valence-corrected chi connectivity index (χ0v) is 9.91. The SMILES string of the molecule is CN(C)c1nc(Cl)cc(NC2=NCCN2)n1. The smallest absolute Gasteiger partial charge is 0.228 e. The Hall–Kier alpha value is -1.56. The minimum atomic E-state index is 0.403. The molecular formula is C9H13ClN6. The maximum absolute atomic E-state index is 5.90. The minimum absolute atomic E-state index is 0.403. The van der Waals surface area contributed by atoms with Crippen LogP contribution in [0.5, 0.6) is 0 Å². The predicted octanol–water partition coefficient (Wildman–Crippen LogP) is 0.567. The number of nitrogens with zero attached hydrogens (tertiary/aromatic N) is 4. The molecule has 0 saturated heterocycles. The predicted molar refractivity (Wildman–Crippen MR) is 65.3 cm³/mol. The van der Waals surface area contributed by atoms with Gasteiger partial charge >= 0.3 is 0 Å². The van der Waals surface area contributed by atoms with Crippen molar-refractivity contribution in [2.45, 2.75) is 0 Å². The highest BCUT2D eigenvalue weighted by Gasteiger charge is 2.09. The first kappa shape index (κ1) is 10.9. The van der Waals surface area contributed by atoms with Crippen molar-refractivity contribution in [3.05, 3.63) is 11.2 Å². The van der Waals surface area contributed by atoms with Crippen LogP contribution in [0.15, 0.2) is 11.1 Å². The molecule has 0 aliphatic carbocycles. The average Bonchev–Trinajstić information content (AvgIpc) is 2.69. The van der Waals surface area contributed by atoms with Gasteiger partial charge in [0.1, 0.15) is 11.0 Å². The molecule has 0 spiro atoms. The average molecular weight is 241 g/mol. The molecule has 1 aromatic rings. The summed E-state index contributed by atoms with van der Waals surface area (Å²) in [4.78, 5) is 14.4. The number of hydrogen-bond donors (Lipinski definition) is 2. The van der Waals surface area contributed by atoms with Crippen LogP contribution < -0.4 is 15.5 Å². The maximum atomic E-state index is 5.90. The van der Waals surface area contributed by atoms with Gasteiger partial charge in [0.15, 0.2) is 5.96 Å². The Balaban J connectivity index is 2.20. The highest BCUT2D eigenvalue weighted by atomic mass is 35.5. The van der Waals surface area contributed by atoms with E-state index in [1.165, 1.54) is 0 Å². The molecule has 1 aromatic heterocycles. The number of hydrogen-bond acceptors (Lipinski definition) is 6. The van der Waals surface area contributed by atoms with Crippen molar-refractivity contribution in [2.24, 2.45) is 4.99 Å². The van der Waals surface area contributed by atoms with E-state index in [-0.39, 0.29) is 0 Å². The minimum Gasteiger partial charge on any atom is -0.354 e. The molecule has 0 fully saturated rings. The van der Waals surface area contributed by atoms with Crippen LogP contribution in [0.3, 0.4) is 0 Å². The van der Waals surface area contributed by atoms with E-state index < -0.39 is 0 Å². The quantitative estimate of drug-likeness (QED) is 0.740. The number of guanidine groups is 1. The zero-order chi connectivity index (χ0) is 11.5. The molecule has 0 bridgehead atoms. The fourth-order valence-corrected chi connectivity index (χ4v) is 1.45. The molecule has 86 valence electrons. The number of aromatic nitrogens is 2. The van der Waals surface area contributed by atoms with Crippen molar-refractivity contribution < 1.29 is 0 Å². The van der Waals surface area contributed by atoms with Crippen LogP contribution >= 0.6 is 11.6 Å². The first-order valence-corrected chi connectivity index (χ1v) is 5.30. The van der Waals surface area contributed by atoms with E-state index in [0.29, 0.717) is 16.9 Å². The molecule has 7 heteroatoms. The molecule has 0 amide bonds. The van der Waals surface area contributed by atoms with Gasteiger partial charge in [-0.3, -0.25) is 4.99 Å². The molecule has 0 saturated carbocycles. The number of nitrogens with one attached hydrogen (secondary N) is 2. The van der Waals surface area contributed by atoms with Gasteiger partial charge in [0, 0.05) is 26.7 Å². The summed E-state index contributed by atoms with van der Waals surface area (Å²) >= 11 is 5.90. The Morgan fingerprint density at radius 3 is 2.88 bits per heavy atom. The second kappa shape index (κ2) is 4.52. The third kappa shape index (κ3) is 2.52. The van der Waals surface area contributed by atoms with Gasteiger partial charge in [0.25, 0.3) is 0 Å². The standard InChI is InChI=1S/C9H13ClN6/c1-16(2)9-13-6(10)5-7(15-9)14-8-11-3-4-12-8/h5H,3-4H2,1-2H3,(H2,11,12,13,14,15). The van der Waals surface area contributed by atoms with Crippen LogP contribution in [0.4, 0.5) is 11.8 Å². The van der Waals surface area contributed by atoms with E-state index in [2.05, 4.69) is 25.6 Å². The maximum Gasteiger partial charge on any atom is 0.228 e. The van der Waals surface area contributed by atoms with Crippen LogP contribution in [0.25, 0.3) is 0 Å². The third-order valence-electron chi connectivity index (χ3n) is 2.00. The summed E-state index contributed by atoms with van der Waals surface area (Å²) in [5.74, 6) is 1.92. The molecule has 2 rings (SSSR count). The fourth-order valence-electron chi connectivity index (χ4n) is 1.27. The van der Waals surface area contributed by atoms with Gasteiger partial charge in [-0.2, -0.15) is 4.98 Å². The summed E-state index contributed by atoms with van der Waals surface area (Å²) in [5.41, 5.74) is 0. The molecule has 1 aliphatic rings. The van der Waals surface area contributed by atoms with E-state index in [0.717, 1.165) is 19.0 Å². The zero-order valence-electron chi connectivity index (χ0n) is 9.16. The van der Waals surface area contributed by atoms with Crippen molar-refractivity contribution in [2.75, 3.05) is 37.4 Å². The molecule has 0 radical (unpaired) electrons. The van der Waals surface area contributed by atoms with Gasteiger partial charge in [-0.1, -0.05) is 11.6 Å². The molecule has 6 nitrogen and oxygen atoms in total. The number of halogens is 1. The Labute approximate surface area is 98.7 Å². The van der Waals surface area contributed by atoms with Gasteiger partial charge < -0.3 is 15.5 Å². The molecule has 16 heavy (non-hydrogen) atoms. The van der Waals surface area contributed by atoms with E-state index in [1.54, 1.807) is 11.0 Å². The van der Waals surface area contributed by atoms with Gasteiger partial charge in [-0.25, -0.2) is 4.98 Å². The molecule has 0 aromatic carbocycles. The third-order valence-corrected chi connectivity index (χ3v) is 2.20. The summed E-state index contributed by atoms with van der Waals surface area (Å²) in [5, 5.41) is 6.55. The molecule has 1 aliphatic heterocycles. The van der Waals surface area contributed by atoms with Gasteiger partial charge in [-0.05, 0) is 0 Å². The Morgan fingerprint density at radius 1 is 1.44 bits per heavy atom. The molecular weight excluding hydrogens is 228 g/mol. The molecule has 0 unspecified atom stereocenters. The lowest BCUT2D eigenvalue weighted by Gasteiger charge is -2.12. The monoisotopic (exact) mass is 240 g/mol. The Kier molecular flexibility index (Phi) is 3.09. The number of rotatable bonds is 2. The Morgan fingerprint density at radius 2 is 2.25 bits per heavy atom. The van der Waals surface area contributed by atoms with Crippen LogP contribution in [0.1, 0.15) is 0 Å². The lowest BCUT2D eigenvalue weighted by atomic mass is 10.5. The lowest BCUT2D eigenvalue weighted by Crippen LogP contribution is -2.27. The second-order valence-electron chi connectivity index (χ2n) is 3.55. The van der Waals surface area contributed by atoms with E-state index in [1.807, 2.05) is 14.1 Å². The van der Waals surface area contributed by atoms with Crippen molar-refractivity contribution in [3.63, 3.8) is 0 Å². The van der Waals surface area contributed by atoms with Crippen molar-refractivity contribution in [3.8, 4) is 0 Å². The van der Waals surface area contributed by atoms with Gasteiger partial charge in [0.05, 0.1) is 6.54 Å². The summed E-state index contributed by atoms with van der Waals surface area (Å²) in [6.45, 7) is 1.63. The van der Waals surface area contributed by atoms with Gasteiger partial charge in [0.2, 0.25) is 5.95 Å². The Bertz CT molecular complexity index is 416. The van der Waals surface area contributed by atoms with Crippen LogP contribution in [0.2, 0.25) is 5.15 Å². The van der Waals surface area contributed by atoms with Crippen LogP contribution in [-0.4, -0.2) is 43.1 Å². The lowest BCUT2D eigenvalue weighted by molar-refractivity contribution is 0.957. The topological polar surface area (TPSA) is 65.4 Å². The van der Waals surface area contributed by atoms with Crippen molar-refractivity contribution >= 4 is 29.3 Å². The summed E-state index contributed by atoms with van der Waals surface area (Å²) < 4.78 is 0. The normalized spacial score (nSPS) is 14.3. The second-order valence-corrected chi connectivity index (χ2v) is 3.94. The largest absolute Gasteiger partial charge is 0.354 e. The van der Waals surface area contributed by atoms with Crippen LogP contribution in [0, 0.1) is 0 Å². The number of aliphatic imine (C=N–C) groups is 1. The first-order valence-electron chi connectivity index (χ1n) is 4.92. The van der Waals surface area contributed by atoms with E-state index in [9.17, 15) is 0 Å². The van der Waals surface area contributed by atoms with E-state index >= 15 is 0 Å². The fraction of sp³-hybridized carbons (Fsp3) is 0.444. The first-order chi connectivity index (χ1) is 7.65. The number of anilines is 2.